The molecule has 0 bridgehead atoms. The van der Waals surface area contributed by atoms with Gasteiger partial charge in [-0.3, -0.25) is 9.48 Å². The molecular formula is C12H19N3O. The van der Waals surface area contributed by atoms with Gasteiger partial charge in [-0.25, -0.2) is 0 Å². The Morgan fingerprint density at radius 3 is 2.62 bits per heavy atom. The molecule has 0 saturated carbocycles. The largest absolute Gasteiger partial charge is 0.302 e. The molecule has 4 heteroatoms. The standard InChI is InChI=1S/C12H19N3O/c1-12(2,3)15-11-5-6-14(4)7-9(11)10(8-16)13-15/h8H,5-7H2,1-4H3. The molecule has 1 aromatic heterocycles. The molecule has 0 aliphatic carbocycles. The zero-order valence-corrected chi connectivity index (χ0v) is 10.4. The van der Waals surface area contributed by atoms with E-state index in [-0.39, 0.29) is 5.54 Å². The summed E-state index contributed by atoms with van der Waals surface area (Å²) in [4.78, 5) is 13.3. The van der Waals surface area contributed by atoms with Crippen molar-refractivity contribution in [2.24, 2.45) is 0 Å². The first kappa shape index (κ1) is 11.3. The van der Waals surface area contributed by atoms with Crippen molar-refractivity contribution in [2.45, 2.75) is 39.3 Å². The fourth-order valence-corrected chi connectivity index (χ4v) is 2.23. The average molecular weight is 221 g/mol. The Morgan fingerprint density at radius 1 is 1.38 bits per heavy atom. The summed E-state index contributed by atoms with van der Waals surface area (Å²) in [5.41, 5.74) is 2.89. The SMILES string of the molecule is CN1CCc2c(c(C=O)nn2C(C)(C)C)C1. The summed E-state index contributed by atoms with van der Waals surface area (Å²) >= 11 is 0. The molecule has 0 atom stereocenters. The van der Waals surface area contributed by atoms with Gasteiger partial charge in [-0.05, 0) is 27.8 Å². The van der Waals surface area contributed by atoms with E-state index in [0.717, 1.165) is 31.4 Å². The zero-order valence-electron chi connectivity index (χ0n) is 10.4. The third-order valence-corrected chi connectivity index (χ3v) is 3.03. The van der Waals surface area contributed by atoms with Crippen molar-refractivity contribution < 1.29 is 4.79 Å². The molecule has 2 rings (SSSR count). The van der Waals surface area contributed by atoms with Gasteiger partial charge < -0.3 is 4.90 Å². The molecule has 16 heavy (non-hydrogen) atoms. The predicted molar refractivity (Wildman–Crippen MR) is 62.6 cm³/mol. The van der Waals surface area contributed by atoms with Crippen LogP contribution in [0.5, 0.6) is 0 Å². The topological polar surface area (TPSA) is 38.1 Å². The third kappa shape index (κ3) is 1.78. The number of rotatable bonds is 1. The first-order valence-corrected chi connectivity index (χ1v) is 5.68. The number of aromatic nitrogens is 2. The molecule has 88 valence electrons. The quantitative estimate of drug-likeness (QED) is 0.673. The van der Waals surface area contributed by atoms with Crippen LogP contribution in [0.15, 0.2) is 0 Å². The smallest absolute Gasteiger partial charge is 0.170 e. The second kappa shape index (κ2) is 3.70. The molecule has 0 aromatic carbocycles. The average Bonchev–Trinajstić information content (AvgIpc) is 2.55. The highest BCUT2D eigenvalue weighted by molar-refractivity contribution is 5.75. The Morgan fingerprint density at radius 2 is 2.06 bits per heavy atom. The molecule has 0 N–H and O–H groups in total. The molecule has 2 heterocycles. The molecule has 1 aliphatic heterocycles. The van der Waals surface area contributed by atoms with Gasteiger partial charge in [-0.1, -0.05) is 0 Å². The summed E-state index contributed by atoms with van der Waals surface area (Å²) in [5, 5.41) is 4.44. The Labute approximate surface area is 96.2 Å². The molecule has 0 fully saturated rings. The van der Waals surface area contributed by atoms with E-state index in [1.54, 1.807) is 0 Å². The van der Waals surface area contributed by atoms with Crippen molar-refractivity contribution in [1.29, 1.82) is 0 Å². The molecule has 0 unspecified atom stereocenters. The molecule has 4 nitrogen and oxygen atoms in total. The van der Waals surface area contributed by atoms with Gasteiger partial charge in [-0.2, -0.15) is 5.10 Å². The van der Waals surface area contributed by atoms with Gasteiger partial charge >= 0.3 is 0 Å². The van der Waals surface area contributed by atoms with Crippen LogP contribution in [-0.2, 0) is 18.5 Å². The number of carbonyl (C=O) groups is 1. The molecular weight excluding hydrogens is 202 g/mol. The van der Waals surface area contributed by atoms with E-state index in [9.17, 15) is 4.79 Å². The van der Waals surface area contributed by atoms with Crippen molar-refractivity contribution >= 4 is 6.29 Å². The Balaban J connectivity index is 2.54. The van der Waals surface area contributed by atoms with E-state index in [1.165, 1.54) is 5.69 Å². The lowest BCUT2D eigenvalue weighted by molar-refractivity contribution is 0.111. The van der Waals surface area contributed by atoms with Gasteiger partial charge in [-0.15, -0.1) is 0 Å². The van der Waals surface area contributed by atoms with E-state index in [4.69, 9.17) is 0 Å². The van der Waals surface area contributed by atoms with Crippen molar-refractivity contribution in [2.75, 3.05) is 13.6 Å². The maximum Gasteiger partial charge on any atom is 0.170 e. The minimum atomic E-state index is -0.0543. The molecule has 1 aromatic rings. The summed E-state index contributed by atoms with van der Waals surface area (Å²) in [5.74, 6) is 0. The highest BCUT2D eigenvalue weighted by Gasteiger charge is 2.27. The van der Waals surface area contributed by atoms with Crippen LogP contribution in [0.2, 0.25) is 0 Å². The van der Waals surface area contributed by atoms with Crippen LogP contribution >= 0.6 is 0 Å². The van der Waals surface area contributed by atoms with Crippen LogP contribution in [-0.4, -0.2) is 34.6 Å². The van der Waals surface area contributed by atoms with E-state index < -0.39 is 0 Å². The predicted octanol–water partition coefficient (Wildman–Crippen LogP) is 1.44. The number of aldehydes is 1. The first-order chi connectivity index (χ1) is 7.43. The van der Waals surface area contributed by atoms with Crippen molar-refractivity contribution in [3.63, 3.8) is 0 Å². The van der Waals surface area contributed by atoms with Crippen LogP contribution in [0.4, 0.5) is 0 Å². The lowest BCUT2D eigenvalue weighted by atomic mass is 10.0. The molecule has 0 radical (unpaired) electrons. The van der Waals surface area contributed by atoms with E-state index in [0.29, 0.717) is 5.69 Å². The minimum Gasteiger partial charge on any atom is -0.302 e. The normalized spacial score (nSPS) is 17.2. The second-order valence-corrected chi connectivity index (χ2v) is 5.50. The van der Waals surface area contributed by atoms with Gasteiger partial charge in [0, 0.05) is 30.8 Å². The van der Waals surface area contributed by atoms with Gasteiger partial charge in [0.2, 0.25) is 0 Å². The number of carbonyl (C=O) groups excluding carboxylic acids is 1. The Hall–Kier alpha value is -1.16. The number of likely N-dealkylation sites (N-methyl/N-ethyl adjacent to an activating group) is 1. The molecule has 0 saturated heterocycles. The number of hydrogen-bond donors (Lipinski definition) is 0. The van der Waals surface area contributed by atoms with E-state index in [2.05, 4.69) is 37.8 Å². The third-order valence-electron chi connectivity index (χ3n) is 3.03. The van der Waals surface area contributed by atoms with Gasteiger partial charge in [0.25, 0.3) is 0 Å². The van der Waals surface area contributed by atoms with Crippen LogP contribution in [0, 0.1) is 0 Å². The Kier molecular flexibility index (Phi) is 2.62. The van der Waals surface area contributed by atoms with Crippen molar-refractivity contribution in [3.8, 4) is 0 Å². The number of fused-ring (bicyclic) bond motifs is 1. The summed E-state index contributed by atoms with van der Waals surface area (Å²) in [6.07, 6.45) is 1.85. The zero-order chi connectivity index (χ0) is 11.9. The summed E-state index contributed by atoms with van der Waals surface area (Å²) in [6, 6.07) is 0. The van der Waals surface area contributed by atoms with Crippen LogP contribution in [0.3, 0.4) is 0 Å². The second-order valence-electron chi connectivity index (χ2n) is 5.50. The summed E-state index contributed by atoms with van der Waals surface area (Å²) in [6.45, 7) is 8.22. The summed E-state index contributed by atoms with van der Waals surface area (Å²) < 4.78 is 2.01. The minimum absolute atomic E-state index is 0.0543. The van der Waals surface area contributed by atoms with Crippen molar-refractivity contribution in [3.05, 3.63) is 17.0 Å². The number of hydrogen-bond acceptors (Lipinski definition) is 3. The first-order valence-electron chi connectivity index (χ1n) is 5.68. The Bertz CT molecular complexity index is 415. The fraction of sp³-hybridized carbons (Fsp3) is 0.667. The van der Waals surface area contributed by atoms with Crippen LogP contribution < -0.4 is 0 Å². The highest BCUT2D eigenvalue weighted by atomic mass is 16.1. The maximum absolute atomic E-state index is 11.0. The lowest BCUT2D eigenvalue weighted by Crippen LogP contribution is -2.31. The molecule has 0 spiro atoms. The summed E-state index contributed by atoms with van der Waals surface area (Å²) in [7, 11) is 2.08. The number of nitrogens with zero attached hydrogens (tertiary/aromatic N) is 3. The van der Waals surface area contributed by atoms with Gasteiger partial charge in [0.1, 0.15) is 5.69 Å². The fourth-order valence-electron chi connectivity index (χ4n) is 2.23. The highest BCUT2D eigenvalue weighted by Crippen LogP contribution is 2.25. The molecule has 0 amide bonds. The van der Waals surface area contributed by atoms with E-state index >= 15 is 0 Å². The van der Waals surface area contributed by atoms with Gasteiger partial charge in [0.05, 0.1) is 5.54 Å². The van der Waals surface area contributed by atoms with E-state index in [1.807, 2.05) is 4.68 Å². The molecule has 1 aliphatic rings. The lowest BCUT2D eigenvalue weighted by Gasteiger charge is -2.27. The monoisotopic (exact) mass is 221 g/mol. The van der Waals surface area contributed by atoms with Crippen LogP contribution in [0.25, 0.3) is 0 Å². The van der Waals surface area contributed by atoms with Gasteiger partial charge in [0.15, 0.2) is 6.29 Å². The maximum atomic E-state index is 11.0. The van der Waals surface area contributed by atoms with Crippen LogP contribution in [0.1, 0.15) is 42.5 Å². The van der Waals surface area contributed by atoms with Crippen molar-refractivity contribution in [1.82, 2.24) is 14.7 Å².